The van der Waals surface area contributed by atoms with E-state index in [0.717, 1.165) is 6.07 Å². The van der Waals surface area contributed by atoms with Gasteiger partial charge in [-0.25, -0.2) is 9.18 Å². The maximum absolute atomic E-state index is 13.3. The van der Waals surface area contributed by atoms with Gasteiger partial charge < -0.3 is 14.9 Å². The van der Waals surface area contributed by atoms with Crippen molar-refractivity contribution in [2.45, 2.75) is 0 Å². The van der Waals surface area contributed by atoms with Crippen LogP contribution in [-0.4, -0.2) is 23.3 Å². The second kappa shape index (κ2) is 4.97. The molecule has 19 heavy (non-hydrogen) atoms. The number of aromatic carboxylic acids is 1. The predicted octanol–water partition coefficient (Wildman–Crippen LogP) is 2.91. The number of hydrogen-bond acceptors (Lipinski definition) is 3. The van der Waals surface area contributed by atoms with E-state index in [0.29, 0.717) is 11.1 Å². The average Bonchev–Trinajstić information content (AvgIpc) is 2.36. The molecule has 0 radical (unpaired) electrons. The second-order valence-corrected chi connectivity index (χ2v) is 3.89. The predicted molar refractivity (Wildman–Crippen MR) is 67.0 cm³/mol. The van der Waals surface area contributed by atoms with E-state index in [4.69, 9.17) is 9.84 Å². The fraction of sp³-hybridized carbons (Fsp3) is 0.0714. The molecule has 0 heterocycles. The summed E-state index contributed by atoms with van der Waals surface area (Å²) in [7, 11) is 1.34. The van der Waals surface area contributed by atoms with Crippen LogP contribution in [0, 0.1) is 5.82 Å². The van der Waals surface area contributed by atoms with Crippen molar-refractivity contribution in [1.29, 1.82) is 0 Å². The standard InChI is InChI=1S/C14H11FO4/c1-19-13-11(3-2-4-12(13)14(17)18)8-5-9(15)7-10(16)6-8/h2-7,16H,1H3,(H,17,18). The molecule has 2 aromatic carbocycles. The lowest BCUT2D eigenvalue weighted by Crippen LogP contribution is -2.01. The zero-order chi connectivity index (χ0) is 14.0. The third-order valence-corrected chi connectivity index (χ3v) is 2.64. The third-order valence-electron chi connectivity index (χ3n) is 2.64. The number of carboxylic acid groups (broad SMARTS) is 1. The monoisotopic (exact) mass is 262 g/mol. The summed E-state index contributed by atoms with van der Waals surface area (Å²) in [6.45, 7) is 0. The first-order valence-electron chi connectivity index (χ1n) is 5.43. The van der Waals surface area contributed by atoms with Crippen molar-refractivity contribution >= 4 is 5.97 Å². The Kier molecular flexibility index (Phi) is 3.37. The summed E-state index contributed by atoms with van der Waals surface area (Å²) >= 11 is 0. The molecule has 0 bridgehead atoms. The number of carboxylic acids is 1. The Hall–Kier alpha value is -2.56. The van der Waals surface area contributed by atoms with E-state index in [2.05, 4.69) is 0 Å². The molecule has 4 nitrogen and oxygen atoms in total. The maximum Gasteiger partial charge on any atom is 0.339 e. The van der Waals surface area contributed by atoms with Gasteiger partial charge in [-0.2, -0.15) is 0 Å². The molecule has 0 amide bonds. The first-order chi connectivity index (χ1) is 9.02. The lowest BCUT2D eigenvalue weighted by atomic mass is 10.0. The van der Waals surface area contributed by atoms with Gasteiger partial charge in [0.15, 0.2) is 0 Å². The Balaban J connectivity index is 2.68. The van der Waals surface area contributed by atoms with Gasteiger partial charge in [-0.05, 0) is 23.8 Å². The largest absolute Gasteiger partial charge is 0.508 e. The van der Waals surface area contributed by atoms with E-state index in [1.807, 2.05) is 0 Å². The number of rotatable bonds is 3. The Morgan fingerprint density at radius 3 is 2.58 bits per heavy atom. The molecule has 2 N–H and O–H groups in total. The minimum atomic E-state index is -1.14. The van der Waals surface area contributed by atoms with Crippen molar-refractivity contribution in [2.75, 3.05) is 7.11 Å². The number of benzene rings is 2. The highest BCUT2D eigenvalue weighted by Crippen LogP contribution is 2.35. The Morgan fingerprint density at radius 1 is 1.26 bits per heavy atom. The average molecular weight is 262 g/mol. The van der Waals surface area contributed by atoms with Gasteiger partial charge in [0.25, 0.3) is 0 Å². The van der Waals surface area contributed by atoms with E-state index < -0.39 is 11.8 Å². The van der Waals surface area contributed by atoms with Crippen LogP contribution in [0.3, 0.4) is 0 Å². The molecule has 0 aliphatic carbocycles. The van der Waals surface area contributed by atoms with Crippen LogP contribution in [0.15, 0.2) is 36.4 Å². The fourth-order valence-electron chi connectivity index (χ4n) is 1.88. The van der Waals surface area contributed by atoms with Crippen molar-refractivity contribution in [2.24, 2.45) is 0 Å². The Labute approximate surface area is 108 Å². The molecule has 0 aliphatic heterocycles. The first-order valence-corrected chi connectivity index (χ1v) is 5.43. The van der Waals surface area contributed by atoms with Crippen LogP contribution in [0.5, 0.6) is 11.5 Å². The SMILES string of the molecule is COc1c(C(=O)O)cccc1-c1cc(O)cc(F)c1. The van der Waals surface area contributed by atoms with Gasteiger partial charge in [0.2, 0.25) is 0 Å². The first kappa shape index (κ1) is 12.9. The highest BCUT2D eigenvalue weighted by molar-refractivity contribution is 5.94. The van der Waals surface area contributed by atoms with Gasteiger partial charge in [0.1, 0.15) is 22.9 Å². The minimum absolute atomic E-state index is 0.0243. The van der Waals surface area contributed by atoms with Crippen LogP contribution in [0.4, 0.5) is 4.39 Å². The molecular formula is C14H11FO4. The summed E-state index contributed by atoms with van der Waals surface area (Å²) in [6, 6.07) is 8.03. The van der Waals surface area contributed by atoms with Gasteiger partial charge in [-0.3, -0.25) is 0 Å². The van der Waals surface area contributed by atoms with Gasteiger partial charge in [-0.1, -0.05) is 12.1 Å². The van der Waals surface area contributed by atoms with Gasteiger partial charge in [0, 0.05) is 11.6 Å². The summed E-state index contributed by atoms with van der Waals surface area (Å²) in [5.41, 5.74) is 0.721. The number of para-hydroxylation sites is 1. The van der Waals surface area contributed by atoms with Crippen molar-refractivity contribution in [3.63, 3.8) is 0 Å². The number of ether oxygens (including phenoxy) is 1. The number of halogens is 1. The summed E-state index contributed by atoms with van der Waals surface area (Å²) in [5.74, 6) is -1.87. The van der Waals surface area contributed by atoms with Crippen molar-refractivity contribution in [3.05, 3.63) is 47.8 Å². The quantitative estimate of drug-likeness (QED) is 0.892. The van der Waals surface area contributed by atoms with E-state index >= 15 is 0 Å². The van der Waals surface area contributed by atoms with E-state index in [-0.39, 0.29) is 17.1 Å². The van der Waals surface area contributed by atoms with Crippen LogP contribution < -0.4 is 4.74 Å². The topological polar surface area (TPSA) is 66.8 Å². The van der Waals surface area contributed by atoms with Gasteiger partial charge >= 0.3 is 5.97 Å². The molecule has 0 fully saturated rings. The number of methoxy groups -OCH3 is 1. The molecule has 98 valence electrons. The molecule has 0 aromatic heterocycles. The Bertz CT molecular complexity index is 617. The summed E-state index contributed by atoms with van der Waals surface area (Å²) in [4.78, 5) is 11.1. The molecule has 0 unspecified atom stereocenters. The van der Waals surface area contributed by atoms with Crippen LogP contribution in [0.25, 0.3) is 11.1 Å². The van der Waals surface area contributed by atoms with Crippen LogP contribution in [0.1, 0.15) is 10.4 Å². The molecular weight excluding hydrogens is 251 g/mol. The molecule has 0 saturated carbocycles. The van der Waals surface area contributed by atoms with Gasteiger partial charge in [-0.15, -0.1) is 0 Å². The highest BCUT2D eigenvalue weighted by Gasteiger charge is 2.16. The number of hydrogen-bond donors (Lipinski definition) is 2. The molecule has 0 spiro atoms. The smallest absolute Gasteiger partial charge is 0.339 e. The van der Waals surface area contributed by atoms with E-state index in [9.17, 15) is 14.3 Å². The van der Waals surface area contributed by atoms with Crippen molar-refractivity contribution in [1.82, 2.24) is 0 Å². The molecule has 0 atom stereocenters. The lowest BCUT2D eigenvalue weighted by Gasteiger charge is -2.11. The third kappa shape index (κ3) is 2.49. The summed E-state index contributed by atoms with van der Waals surface area (Å²) in [6.07, 6.45) is 0. The second-order valence-electron chi connectivity index (χ2n) is 3.89. The number of phenolic OH excluding ortho intramolecular Hbond substituents is 1. The highest BCUT2D eigenvalue weighted by atomic mass is 19.1. The number of phenols is 1. The van der Waals surface area contributed by atoms with Gasteiger partial charge in [0.05, 0.1) is 7.11 Å². The fourth-order valence-corrected chi connectivity index (χ4v) is 1.88. The lowest BCUT2D eigenvalue weighted by molar-refractivity contribution is 0.0693. The zero-order valence-corrected chi connectivity index (χ0v) is 10.1. The summed E-state index contributed by atoms with van der Waals surface area (Å²) < 4.78 is 18.4. The summed E-state index contributed by atoms with van der Waals surface area (Å²) in [5, 5.41) is 18.5. The van der Waals surface area contributed by atoms with Crippen molar-refractivity contribution in [3.8, 4) is 22.6 Å². The van der Waals surface area contributed by atoms with Crippen LogP contribution in [0.2, 0.25) is 0 Å². The van der Waals surface area contributed by atoms with E-state index in [1.165, 1.54) is 31.4 Å². The van der Waals surface area contributed by atoms with Crippen molar-refractivity contribution < 1.29 is 24.1 Å². The molecule has 2 aromatic rings. The molecule has 2 rings (SSSR count). The Morgan fingerprint density at radius 2 is 2.00 bits per heavy atom. The normalized spacial score (nSPS) is 10.2. The molecule has 0 aliphatic rings. The van der Waals surface area contributed by atoms with Crippen LogP contribution in [-0.2, 0) is 0 Å². The molecule has 0 saturated heterocycles. The van der Waals surface area contributed by atoms with E-state index in [1.54, 1.807) is 6.07 Å². The number of aromatic hydroxyl groups is 1. The number of carbonyl (C=O) groups is 1. The minimum Gasteiger partial charge on any atom is -0.508 e. The maximum atomic E-state index is 13.3. The zero-order valence-electron chi connectivity index (χ0n) is 10.1. The van der Waals surface area contributed by atoms with Crippen LogP contribution >= 0.6 is 0 Å². The molecule has 5 heteroatoms.